The number of hydrogen-bond acceptors (Lipinski definition) is 3. The molecule has 144 valence electrons. The van der Waals surface area contributed by atoms with E-state index in [1.165, 1.54) is 31.3 Å². The first kappa shape index (κ1) is 15.8. The van der Waals surface area contributed by atoms with E-state index in [1.807, 2.05) is 0 Å². The van der Waals surface area contributed by atoms with Gasteiger partial charge in [0.1, 0.15) is 5.60 Å². The van der Waals surface area contributed by atoms with Crippen LogP contribution in [0.5, 0.6) is 0 Å². The van der Waals surface area contributed by atoms with E-state index in [4.69, 9.17) is 4.74 Å². The molecule has 7 aliphatic rings. The van der Waals surface area contributed by atoms with Crippen molar-refractivity contribution in [1.82, 2.24) is 0 Å². The summed E-state index contributed by atoms with van der Waals surface area (Å²) in [5.41, 5.74) is 1.85. The fourth-order valence-corrected chi connectivity index (χ4v) is 9.74. The summed E-state index contributed by atoms with van der Waals surface area (Å²) in [6.45, 7) is 4.99. The Labute approximate surface area is 161 Å². The maximum Gasteiger partial charge on any atom is 0.306 e. The minimum absolute atomic E-state index is 0.0561. The van der Waals surface area contributed by atoms with Crippen LogP contribution in [0.15, 0.2) is 11.6 Å². The number of ketones is 1. The Kier molecular flexibility index (Phi) is 2.56. The van der Waals surface area contributed by atoms with Gasteiger partial charge < -0.3 is 4.74 Å². The number of hydrogen-bond donors (Lipinski definition) is 0. The van der Waals surface area contributed by atoms with Gasteiger partial charge in [0.2, 0.25) is 0 Å². The molecule has 6 fully saturated rings. The molecule has 1 saturated heterocycles. The van der Waals surface area contributed by atoms with E-state index in [0.717, 1.165) is 48.9 Å². The van der Waals surface area contributed by atoms with Gasteiger partial charge >= 0.3 is 5.97 Å². The molecule has 0 bridgehead atoms. The Balaban J connectivity index is 1.33. The zero-order valence-electron chi connectivity index (χ0n) is 16.5. The lowest BCUT2D eigenvalue weighted by Crippen LogP contribution is -2.57. The molecule has 3 nitrogen and oxygen atoms in total. The lowest BCUT2D eigenvalue weighted by Gasteiger charge is -2.60. The molecular formula is C24H30O3. The largest absolute Gasteiger partial charge is 0.458 e. The summed E-state index contributed by atoms with van der Waals surface area (Å²) in [4.78, 5) is 24.3. The van der Waals surface area contributed by atoms with Gasteiger partial charge in [0.05, 0.1) is 0 Å². The highest BCUT2D eigenvalue weighted by Gasteiger charge is 2.81. The van der Waals surface area contributed by atoms with Crippen LogP contribution in [-0.4, -0.2) is 17.4 Å². The van der Waals surface area contributed by atoms with E-state index in [9.17, 15) is 9.59 Å². The zero-order chi connectivity index (χ0) is 18.3. The molecule has 7 rings (SSSR count). The first-order chi connectivity index (χ1) is 12.9. The zero-order valence-corrected chi connectivity index (χ0v) is 16.5. The molecule has 10 atom stereocenters. The molecule has 5 saturated carbocycles. The van der Waals surface area contributed by atoms with Gasteiger partial charge in [-0.25, -0.2) is 0 Å². The molecule has 1 spiro atoms. The van der Waals surface area contributed by atoms with Crippen molar-refractivity contribution < 1.29 is 14.3 Å². The summed E-state index contributed by atoms with van der Waals surface area (Å²) >= 11 is 0. The van der Waals surface area contributed by atoms with Crippen molar-refractivity contribution >= 4 is 11.8 Å². The Hall–Kier alpha value is -1.12. The van der Waals surface area contributed by atoms with Crippen LogP contribution in [0.25, 0.3) is 0 Å². The Morgan fingerprint density at radius 3 is 2.63 bits per heavy atom. The maximum atomic E-state index is 12.2. The molecule has 27 heavy (non-hydrogen) atoms. The van der Waals surface area contributed by atoms with Crippen LogP contribution in [-0.2, 0) is 14.3 Å². The maximum absolute atomic E-state index is 12.2. The van der Waals surface area contributed by atoms with E-state index in [-0.39, 0.29) is 22.4 Å². The summed E-state index contributed by atoms with van der Waals surface area (Å²) in [7, 11) is 0. The van der Waals surface area contributed by atoms with Crippen molar-refractivity contribution in [3.8, 4) is 0 Å². The second kappa shape index (κ2) is 4.39. The highest BCUT2D eigenvalue weighted by atomic mass is 16.6. The quantitative estimate of drug-likeness (QED) is 0.600. The molecule has 0 radical (unpaired) electrons. The van der Waals surface area contributed by atoms with Crippen molar-refractivity contribution in [1.29, 1.82) is 0 Å². The summed E-state index contributed by atoms with van der Waals surface area (Å²) in [6.07, 6.45) is 10.6. The first-order valence-corrected chi connectivity index (χ1v) is 11.4. The summed E-state index contributed by atoms with van der Waals surface area (Å²) in [5.74, 6) is 5.65. The third kappa shape index (κ3) is 1.58. The lowest BCUT2D eigenvalue weighted by atomic mass is 9.45. The predicted octanol–water partition coefficient (Wildman–Crippen LogP) is 4.31. The molecule has 0 N–H and O–H groups in total. The van der Waals surface area contributed by atoms with Crippen molar-refractivity contribution in [2.75, 3.05) is 0 Å². The van der Waals surface area contributed by atoms with Gasteiger partial charge in [-0.3, -0.25) is 9.59 Å². The summed E-state index contributed by atoms with van der Waals surface area (Å²) in [6, 6.07) is 0. The van der Waals surface area contributed by atoms with Crippen LogP contribution in [0.2, 0.25) is 0 Å². The van der Waals surface area contributed by atoms with Crippen LogP contribution in [0.4, 0.5) is 0 Å². The molecule has 1 heterocycles. The van der Waals surface area contributed by atoms with Gasteiger partial charge in [-0.2, -0.15) is 0 Å². The minimum atomic E-state index is -0.131. The summed E-state index contributed by atoms with van der Waals surface area (Å²) < 4.78 is 6.22. The third-order valence-electron chi connectivity index (χ3n) is 10.9. The molecule has 0 amide bonds. The van der Waals surface area contributed by atoms with E-state index in [0.29, 0.717) is 24.0 Å². The van der Waals surface area contributed by atoms with E-state index in [1.54, 1.807) is 0 Å². The Bertz CT molecular complexity index is 827. The average Bonchev–Trinajstić information content (AvgIpc) is 3.53. The van der Waals surface area contributed by atoms with E-state index < -0.39 is 0 Å². The Morgan fingerprint density at radius 2 is 1.85 bits per heavy atom. The van der Waals surface area contributed by atoms with Crippen molar-refractivity contribution in [3.63, 3.8) is 0 Å². The first-order valence-electron chi connectivity index (χ1n) is 11.4. The van der Waals surface area contributed by atoms with Crippen LogP contribution in [0.1, 0.15) is 65.2 Å². The smallest absolute Gasteiger partial charge is 0.306 e. The number of ether oxygens (including phenoxy) is 1. The predicted molar refractivity (Wildman–Crippen MR) is 99.5 cm³/mol. The van der Waals surface area contributed by atoms with Crippen molar-refractivity contribution in [3.05, 3.63) is 11.6 Å². The lowest BCUT2D eigenvalue weighted by molar-refractivity contribution is -0.177. The minimum Gasteiger partial charge on any atom is -0.458 e. The molecule has 6 aliphatic carbocycles. The number of carbonyl (C=O) groups excluding carboxylic acids is 2. The van der Waals surface area contributed by atoms with Gasteiger partial charge in [-0.15, -0.1) is 0 Å². The molecule has 3 heteroatoms. The van der Waals surface area contributed by atoms with Gasteiger partial charge in [0.25, 0.3) is 0 Å². The molecular weight excluding hydrogens is 336 g/mol. The number of fused-ring (bicyclic) bond motifs is 12. The van der Waals surface area contributed by atoms with Crippen LogP contribution in [0.3, 0.4) is 0 Å². The molecule has 4 unspecified atom stereocenters. The third-order valence-corrected chi connectivity index (χ3v) is 10.9. The van der Waals surface area contributed by atoms with E-state index in [2.05, 4.69) is 19.9 Å². The molecule has 0 aromatic heterocycles. The Morgan fingerprint density at radius 1 is 1.00 bits per heavy atom. The van der Waals surface area contributed by atoms with Gasteiger partial charge in [0.15, 0.2) is 5.78 Å². The van der Waals surface area contributed by atoms with Crippen LogP contribution >= 0.6 is 0 Å². The van der Waals surface area contributed by atoms with Crippen molar-refractivity contribution in [2.45, 2.75) is 70.8 Å². The van der Waals surface area contributed by atoms with E-state index >= 15 is 0 Å². The monoisotopic (exact) mass is 366 g/mol. The number of rotatable bonds is 0. The normalized spacial score (nSPS) is 62.0. The fourth-order valence-electron chi connectivity index (χ4n) is 9.74. The number of carbonyl (C=O) groups is 2. The highest BCUT2D eigenvalue weighted by molar-refractivity contribution is 5.92. The standard InChI is InChI=1S/C24H30O3/c1-22-6-3-12(25)9-17(22)13-10-14(13)20-16(22)4-7-23(2)21(20)15-11-18(15)24(23)8-5-19(26)27-24/h9,13-16,18,20-21H,3-8,10-11H2,1-2H3/t13-,14+,15-,16?,18?,20?,21?,22-,23+,24+/m1/s1. The van der Waals surface area contributed by atoms with Gasteiger partial charge in [-0.1, -0.05) is 19.4 Å². The van der Waals surface area contributed by atoms with Gasteiger partial charge in [-0.05, 0) is 85.5 Å². The number of allylic oxidation sites excluding steroid dienone is 1. The van der Waals surface area contributed by atoms with Crippen LogP contribution in [0, 0.1) is 52.3 Å². The molecule has 1 aliphatic heterocycles. The topological polar surface area (TPSA) is 43.4 Å². The second-order valence-electron chi connectivity index (χ2n) is 11.5. The average molecular weight is 367 g/mol. The molecule has 0 aromatic rings. The van der Waals surface area contributed by atoms with Crippen LogP contribution < -0.4 is 0 Å². The van der Waals surface area contributed by atoms with Gasteiger partial charge in [0, 0.05) is 24.2 Å². The highest BCUT2D eigenvalue weighted by Crippen LogP contribution is 2.82. The second-order valence-corrected chi connectivity index (χ2v) is 11.5. The van der Waals surface area contributed by atoms with Crippen molar-refractivity contribution in [2.24, 2.45) is 52.3 Å². The summed E-state index contributed by atoms with van der Waals surface area (Å²) in [5, 5.41) is 0. The number of esters is 1. The molecule has 0 aromatic carbocycles. The SMILES string of the molecule is C[C@]12CCC(=O)C=C1[C@@H]1C[C@@H]1C1C2CC[C@@]2(C)C1[C@@H]1CC1[C@@]21CCC(=O)O1. The fraction of sp³-hybridized carbons (Fsp3) is 0.833.